The third-order valence-electron chi connectivity index (χ3n) is 0.940. The van der Waals surface area contributed by atoms with Crippen molar-refractivity contribution in [1.82, 2.24) is 0 Å². The van der Waals surface area contributed by atoms with Gasteiger partial charge in [-0.1, -0.05) is 53.0 Å². The van der Waals surface area contributed by atoms with E-state index in [-0.39, 0.29) is 0 Å². The molecule has 0 fully saturated rings. The highest BCUT2D eigenvalue weighted by Crippen LogP contribution is 2.03. The Bertz CT molecular complexity index is 188. The van der Waals surface area contributed by atoms with Crippen LogP contribution in [0.15, 0.2) is 30.3 Å². The summed E-state index contributed by atoms with van der Waals surface area (Å²) in [6.07, 6.45) is 0. The van der Waals surface area contributed by atoms with Gasteiger partial charge in [-0.25, -0.2) is 0 Å². The van der Waals surface area contributed by atoms with Gasteiger partial charge >= 0.3 is 0 Å². The normalized spacial score (nSPS) is 8.75. The Morgan fingerprint density at radius 2 is 1.50 bits per heavy atom. The Balaban J connectivity index is 0.000000261. The summed E-state index contributed by atoms with van der Waals surface area (Å²) < 4.78 is -0.750. The Morgan fingerprint density at radius 3 is 1.75 bits per heavy atom. The van der Waals surface area contributed by atoms with Crippen LogP contribution in [0.2, 0.25) is 0 Å². The fraction of sp³-hybridized carbons (Fsp3) is 0.143. The summed E-state index contributed by atoms with van der Waals surface area (Å²) in [5.41, 5.74) is 3.46. The molecule has 0 aliphatic carbocycles. The molecule has 0 amide bonds. The number of hydrazine groups is 1. The number of alkyl halides is 3. The first-order chi connectivity index (χ1) is 5.66. The van der Waals surface area contributed by atoms with E-state index in [1.165, 1.54) is 0 Å². The zero-order chi connectivity index (χ0) is 9.40. The predicted octanol–water partition coefficient (Wildman–Crippen LogP) is 2.96. The van der Waals surface area contributed by atoms with E-state index in [1.54, 1.807) is 0 Å². The number of para-hydroxylation sites is 1. The molecular weight excluding hydrogens is 218 g/mol. The monoisotopic (exact) mass is 226 g/mol. The first kappa shape index (κ1) is 11.8. The minimum atomic E-state index is -0.750. The van der Waals surface area contributed by atoms with Crippen LogP contribution in [0, 0.1) is 0 Å². The van der Waals surface area contributed by atoms with E-state index in [4.69, 9.17) is 40.6 Å². The van der Waals surface area contributed by atoms with Gasteiger partial charge in [-0.3, -0.25) is 5.84 Å². The number of nitrogens with two attached hydrogens (primary N) is 1. The maximum absolute atomic E-state index is 5.10. The zero-order valence-corrected chi connectivity index (χ0v) is 8.44. The summed E-state index contributed by atoms with van der Waals surface area (Å²) >= 11 is 14.4. The van der Waals surface area contributed by atoms with Crippen molar-refractivity contribution >= 4 is 40.5 Å². The number of hydrogen-bond donors (Lipinski definition) is 2. The smallest absolute Gasteiger partial charge is 0.180 e. The lowest BCUT2D eigenvalue weighted by Gasteiger charge is -1.94. The number of rotatable bonds is 1. The Kier molecular flexibility index (Phi) is 7.40. The molecule has 12 heavy (non-hydrogen) atoms. The molecule has 0 radical (unpaired) electrons. The summed E-state index contributed by atoms with van der Waals surface area (Å²) in [7, 11) is 0. The first-order valence-electron chi connectivity index (χ1n) is 3.10. The fourth-order valence-corrected chi connectivity index (χ4v) is 0.534. The Morgan fingerprint density at radius 1 is 1.08 bits per heavy atom. The minimum Gasteiger partial charge on any atom is -0.324 e. The molecule has 5 heteroatoms. The topological polar surface area (TPSA) is 38.0 Å². The molecule has 1 rings (SSSR count). The van der Waals surface area contributed by atoms with Crippen molar-refractivity contribution in [3.63, 3.8) is 0 Å². The molecule has 1 aromatic carbocycles. The van der Waals surface area contributed by atoms with Crippen LogP contribution in [0.3, 0.4) is 0 Å². The fourth-order valence-electron chi connectivity index (χ4n) is 0.534. The van der Waals surface area contributed by atoms with Crippen LogP contribution < -0.4 is 11.3 Å². The summed E-state index contributed by atoms with van der Waals surface area (Å²) in [5, 5.41) is 0. The van der Waals surface area contributed by atoms with Crippen LogP contribution in [0.1, 0.15) is 0 Å². The van der Waals surface area contributed by atoms with Crippen molar-refractivity contribution in [3.05, 3.63) is 30.3 Å². The molecular formula is C7H9Cl3N2. The number of hydrogen-bond acceptors (Lipinski definition) is 2. The Labute approximate surface area is 86.6 Å². The molecule has 0 aliphatic rings. The van der Waals surface area contributed by atoms with Gasteiger partial charge in [0.05, 0.1) is 0 Å². The average molecular weight is 228 g/mol. The van der Waals surface area contributed by atoms with Gasteiger partial charge in [0.15, 0.2) is 4.30 Å². The van der Waals surface area contributed by atoms with E-state index >= 15 is 0 Å². The van der Waals surface area contributed by atoms with Gasteiger partial charge in [0, 0.05) is 5.69 Å². The minimum absolute atomic E-state index is 0.750. The molecule has 68 valence electrons. The zero-order valence-electron chi connectivity index (χ0n) is 6.18. The summed E-state index contributed by atoms with van der Waals surface area (Å²) in [4.78, 5) is 0. The number of anilines is 1. The van der Waals surface area contributed by atoms with E-state index in [9.17, 15) is 0 Å². The predicted molar refractivity (Wildman–Crippen MR) is 55.6 cm³/mol. The molecule has 1 aromatic rings. The van der Waals surface area contributed by atoms with Gasteiger partial charge in [-0.2, -0.15) is 0 Å². The highest BCUT2D eigenvalue weighted by Gasteiger charge is 1.79. The van der Waals surface area contributed by atoms with Crippen LogP contribution in [-0.4, -0.2) is 4.30 Å². The van der Waals surface area contributed by atoms with Gasteiger partial charge in [-0.05, 0) is 12.1 Å². The molecule has 0 atom stereocenters. The van der Waals surface area contributed by atoms with E-state index in [0.29, 0.717) is 0 Å². The van der Waals surface area contributed by atoms with Crippen molar-refractivity contribution in [2.75, 3.05) is 5.43 Å². The number of benzene rings is 1. The summed E-state index contributed by atoms with van der Waals surface area (Å²) in [6.45, 7) is 0. The maximum atomic E-state index is 5.10. The maximum Gasteiger partial charge on any atom is 0.180 e. The molecule has 0 aromatic heterocycles. The van der Waals surface area contributed by atoms with Crippen molar-refractivity contribution in [1.29, 1.82) is 0 Å². The molecule has 0 saturated heterocycles. The van der Waals surface area contributed by atoms with Crippen LogP contribution in [0.25, 0.3) is 0 Å². The second-order valence-electron chi connectivity index (χ2n) is 1.76. The number of halogens is 3. The third kappa shape index (κ3) is 7.95. The third-order valence-corrected chi connectivity index (χ3v) is 0.940. The molecule has 3 N–H and O–H groups in total. The molecule has 0 aliphatic heterocycles. The number of nitrogen functional groups attached to an aromatic ring is 1. The van der Waals surface area contributed by atoms with Crippen molar-refractivity contribution in [3.8, 4) is 0 Å². The number of nitrogens with one attached hydrogen (secondary N) is 1. The Hall–Kier alpha value is -0.150. The van der Waals surface area contributed by atoms with E-state index in [0.717, 1.165) is 5.69 Å². The molecule has 0 saturated carbocycles. The van der Waals surface area contributed by atoms with Crippen LogP contribution in [-0.2, 0) is 0 Å². The SMILES string of the molecule is ClC(Cl)Cl.NNc1ccccc1. The van der Waals surface area contributed by atoms with E-state index in [1.807, 2.05) is 30.3 Å². The lowest BCUT2D eigenvalue weighted by atomic mass is 10.3. The molecule has 0 spiro atoms. The summed E-state index contributed by atoms with van der Waals surface area (Å²) in [5.74, 6) is 5.10. The van der Waals surface area contributed by atoms with Crippen LogP contribution in [0.4, 0.5) is 5.69 Å². The van der Waals surface area contributed by atoms with Crippen LogP contribution >= 0.6 is 34.8 Å². The highest BCUT2D eigenvalue weighted by molar-refractivity contribution is 6.63. The van der Waals surface area contributed by atoms with Crippen molar-refractivity contribution in [2.45, 2.75) is 4.30 Å². The van der Waals surface area contributed by atoms with Gasteiger partial charge in [-0.15, -0.1) is 0 Å². The van der Waals surface area contributed by atoms with E-state index < -0.39 is 4.30 Å². The van der Waals surface area contributed by atoms with Gasteiger partial charge in [0.1, 0.15) is 0 Å². The molecule has 0 heterocycles. The molecule has 2 nitrogen and oxygen atoms in total. The lowest BCUT2D eigenvalue weighted by molar-refractivity contribution is 1.35. The molecule has 0 unspecified atom stereocenters. The average Bonchev–Trinajstić information content (AvgIpc) is 2.05. The lowest BCUT2D eigenvalue weighted by Crippen LogP contribution is -2.05. The second kappa shape index (κ2) is 7.50. The quantitative estimate of drug-likeness (QED) is 0.440. The first-order valence-corrected chi connectivity index (χ1v) is 4.41. The molecule has 0 bridgehead atoms. The van der Waals surface area contributed by atoms with Gasteiger partial charge < -0.3 is 5.43 Å². The van der Waals surface area contributed by atoms with Crippen LogP contribution in [0.5, 0.6) is 0 Å². The summed E-state index contributed by atoms with van der Waals surface area (Å²) in [6, 6.07) is 9.60. The largest absolute Gasteiger partial charge is 0.324 e. The van der Waals surface area contributed by atoms with Gasteiger partial charge in [0.2, 0.25) is 0 Å². The van der Waals surface area contributed by atoms with Crippen molar-refractivity contribution in [2.24, 2.45) is 5.84 Å². The highest BCUT2D eigenvalue weighted by atomic mass is 35.6. The van der Waals surface area contributed by atoms with Crippen molar-refractivity contribution < 1.29 is 0 Å². The standard InChI is InChI=1S/C6H8N2.CHCl3/c7-8-6-4-2-1-3-5-6;2-1(3)4/h1-5,8H,7H2;1H. The van der Waals surface area contributed by atoms with E-state index in [2.05, 4.69) is 5.43 Å². The second-order valence-corrected chi connectivity index (χ2v) is 3.74. The van der Waals surface area contributed by atoms with Gasteiger partial charge in [0.25, 0.3) is 0 Å².